The van der Waals surface area contributed by atoms with Crippen LogP contribution in [-0.4, -0.2) is 51.3 Å². The number of carbonyl (C=O) groups excluding carboxylic acids is 2. The van der Waals surface area contributed by atoms with Crippen LogP contribution < -0.4 is 10.6 Å². The minimum absolute atomic E-state index is 0.0267. The van der Waals surface area contributed by atoms with Crippen LogP contribution in [0.25, 0.3) is 0 Å². The van der Waals surface area contributed by atoms with Crippen LogP contribution in [0.1, 0.15) is 58.3 Å². The van der Waals surface area contributed by atoms with Crippen LogP contribution in [0.5, 0.6) is 0 Å². The molecular formula is C19H30N2O7. The van der Waals surface area contributed by atoms with Gasteiger partial charge in [0.25, 0.3) is 0 Å². The lowest BCUT2D eigenvalue weighted by Crippen LogP contribution is -2.54. The number of nitrogens with one attached hydrogen (secondary N) is 2. The number of hydrogen-bond donors (Lipinski definition) is 5. The summed E-state index contributed by atoms with van der Waals surface area (Å²) in [4.78, 5) is 48.1. The summed E-state index contributed by atoms with van der Waals surface area (Å²) in [5.41, 5.74) is 0. The molecule has 2 rings (SSSR count). The van der Waals surface area contributed by atoms with E-state index in [0.29, 0.717) is 25.7 Å². The lowest BCUT2D eigenvalue weighted by Gasteiger charge is -2.33. The normalized spacial score (nSPS) is 31.4. The molecule has 0 heterocycles. The predicted molar refractivity (Wildman–Crippen MR) is 97.9 cm³/mol. The smallest absolute Gasteiger partial charge is 0.307 e. The Morgan fingerprint density at radius 1 is 0.821 bits per heavy atom. The van der Waals surface area contributed by atoms with E-state index in [1.165, 1.54) is 0 Å². The summed E-state index contributed by atoms with van der Waals surface area (Å²) in [5, 5.41) is 33.8. The summed E-state index contributed by atoms with van der Waals surface area (Å²) < 4.78 is 0. The van der Waals surface area contributed by atoms with E-state index in [1.54, 1.807) is 6.92 Å². The summed E-state index contributed by atoms with van der Waals surface area (Å²) in [6.07, 6.45) is 2.12. The number of amides is 2. The van der Waals surface area contributed by atoms with Crippen LogP contribution >= 0.6 is 0 Å². The van der Waals surface area contributed by atoms with Crippen molar-refractivity contribution in [2.45, 2.75) is 70.6 Å². The second kappa shape index (κ2) is 9.86. The van der Waals surface area contributed by atoms with Gasteiger partial charge in [0.2, 0.25) is 11.8 Å². The molecule has 0 aromatic heterocycles. The number of aliphatic carboxylic acids is 2. The van der Waals surface area contributed by atoms with Crippen molar-refractivity contribution < 1.29 is 34.5 Å². The van der Waals surface area contributed by atoms with Gasteiger partial charge in [0.05, 0.1) is 29.8 Å². The number of carboxylic acids is 2. The van der Waals surface area contributed by atoms with Gasteiger partial charge in [-0.2, -0.15) is 0 Å². The van der Waals surface area contributed by atoms with Crippen LogP contribution in [0.15, 0.2) is 0 Å². The van der Waals surface area contributed by atoms with Gasteiger partial charge in [-0.15, -0.1) is 0 Å². The Labute approximate surface area is 163 Å². The molecule has 0 aromatic rings. The molecule has 0 bridgehead atoms. The van der Waals surface area contributed by atoms with E-state index in [9.17, 15) is 34.5 Å². The van der Waals surface area contributed by atoms with Gasteiger partial charge in [0, 0.05) is 0 Å². The van der Waals surface area contributed by atoms with Gasteiger partial charge in [-0.1, -0.05) is 19.8 Å². The lowest BCUT2D eigenvalue weighted by atomic mass is 9.77. The van der Waals surface area contributed by atoms with Gasteiger partial charge in [-0.3, -0.25) is 19.2 Å². The molecule has 5 N–H and O–H groups in total. The maximum absolute atomic E-state index is 12.6. The highest BCUT2D eigenvalue weighted by Crippen LogP contribution is 2.32. The van der Waals surface area contributed by atoms with Crippen molar-refractivity contribution in [3.63, 3.8) is 0 Å². The summed E-state index contributed by atoms with van der Waals surface area (Å²) in [6.45, 7) is 1.76. The van der Waals surface area contributed by atoms with Crippen LogP contribution in [0, 0.1) is 23.7 Å². The van der Waals surface area contributed by atoms with E-state index in [-0.39, 0.29) is 12.8 Å². The molecule has 9 nitrogen and oxygen atoms in total. The van der Waals surface area contributed by atoms with Gasteiger partial charge < -0.3 is 26.0 Å². The van der Waals surface area contributed by atoms with Gasteiger partial charge in [0.1, 0.15) is 6.17 Å². The number of hydrogen-bond acceptors (Lipinski definition) is 5. The van der Waals surface area contributed by atoms with Crippen LogP contribution in [-0.2, 0) is 19.2 Å². The monoisotopic (exact) mass is 398 g/mol. The molecule has 2 amide bonds. The molecule has 2 saturated carbocycles. The van der Waals surface area contributed by atoms with E-state index in [1.807, 2.05) is 0 Å². The minimum atomic E-state index is -1.12. The second-order valence-corrected chi connectivity index (χ2v) is 7.83. The van der Waals surface area contributed by atoms with Crippen molar-refractivity contribution in [1.82, 2.24) is 10.6 Å². The molecule has 2 aliphatic rings. The maximum Gasteiger partial charge on any atom is 0.307 e. The fourth-order valence-electron chi connectivity index (χ4n) is 4.27. The highest BCUT2D eigenvalue weighted by molar-refractivity contribution is 5.87. The van der Waals surface area contributed by atoms with E-state index in [4.69, 9.17) is 0 Å². The van der Waals surface area contributed by atoms with Crippen molar-refractivity contribution in [2.24, 2.45) is 23.7 Å². The van der Waals surface area contributed by atoms with E-state index < -0.39 is 59.7 Å². The zero-order valence-corrected chi connectivity index (χ0v) is 16.1. The molecule has 0 spiro atoms. The first kappa shape index (κ1) is 22.1. The number of carboxylic acid groups (broad SMARTS) is 2. The molecule has 0 aromatic carbocycles. The number of aliphatic hydroxyl groups excluding tert-OH is 1. The Bertz CT molecular complexity index is 609. The Balaban J connectivity index is 1.99. The number of rotatable bonds is 7. The topological polar surface area (TPSA) is 153 Å². The molecule has 9 heteroatoms. The van der Waals surface area contributed by atoms with Gasteiger partial charge in [-0.05, 0) is 38.5 Å². The van der Waals surface area contributed by atoms with E-state index >= 15 is 0 Å². The molecular weight excluding hydrogens is 368 g/mol. The fourth-order valence-corrected chi connectivity index (χ4v) is 4.27. The molecule has 2 fully saturated rings. The fraction of sp³-hybridized carbons (Fsp3) is 0.789. The first-order valence-corrected chi connectivity index (χ1v) is 9.99. The van der Waals surface area contributed by atoms with Crippen molar-refractivity contribution in [3.8, 4) is 0 Å². The molecule has 0 saturated heterocycles. The van der Waals surface area contributed by atoms with Crippen LogP contribution in [0.2, 0.25) is 0 Å². The molecule has 6 unspecified atom stereocenters. The minimum Gasteiger partial charge on any atom is -0.481 e. The quantitative estimate of drug-likeness (QED) is 0.396. The SMILES string of the molecule is CCC(NC(=O)C1CCCCC1C(=O)O)NC(=O)C1CCC(O)CC1C(=O)O. The average Bonchev–Trinajstić information content (AvgIpc) is 2.66. The van der Waals surface area contributed by atoms with Crippen molar-refractivity contribution >= 4 is 23.8 Å². The molecule has 0 radical (unpaired) electrons. The third kappa shape index (κ3) is 5.43. The Morgan fingerprint density at radius 3 is 1.82 bits per heavy atom. The summed E-state index contributed by atoms with van der Waals surface area (Å²) in [6, 6.07) is 0. The molecule has 158 valence electrons. The molecule has 6 atom stereocenters. The molecule has 0 aliphatic heterocycles. The first-order valence-electron chi connectivity index (χ1n) is 9.99. The summed E-state index contributed by atoms with van der Waals surface area (Å²) in [7, 11) is 0. The van der Waals surface area contributed by atoms with Crippen molar-refractivity contribution in [2.75, 3.05) is 0 Å². The number of aliphatic hydroxyl groups is 1. The zero-order valence-electron chi connectivity index (χ0n) is 16.1. The summed E-state index contributed by atoms with van der Waals surface area (Å²) >= 11 is 0. The first-order chi connectivity index (χ1) is 13.2. The second-order valence-electron chi connectivity index (χ2n) is 7.83. The van der Waals surface area contributed by atoms with Crippen molar-refractivity contribution in [3.05, 3.63) is 0 Å². The summed E-state index contributed by atoms with van der Waals surface area (Å²) in [5.74, 6) is -6.06. The van der Waals surface area contributed by atoms with Gasteiger partial charge in [-0.25, -0.2) is 0 Å². The third-order valence-corrected chi connectivity index (χ3v) is 5.94. The van der Waals surface area contributed by atoms with Crippen LogP contribution in [0.4, 0.5) is 0 Å². The van der Waals surface area contributed by atoms with Gasteiger partial charge in [0.15, 0.2) is 0 Å². The van der Waals surface area contributed by atoms with Crippen LogP contribution in [0.3, 0.4) is 0 Å². The largest absolute Gasteiger partial charge is 0.481 e. The zero-order chi connectivity index (χ0) is 20.8. The molecule has 28 heavy (non-hydrogen) atoms. The van der Waals surface area contributed by atoms with E-state index in [2.05, 4.69) is 10.6 Å². The molecule has 2 aliphatic carbocycles. The number of carbonyl (C=O) groups is 4. The highest BCUT2D eigenvalue weighted by Gasteiger charge is 2.40. The third-order valence-electron chi connectivity index (χ3n) is 5.94. The standard InChI is InChI=1S/C19H30N2O7/c1-2-15(20-16(23)11-5-3-4-6-13(11)18(25)26)21-17(24)12-8-7-10(22)9-14(12)19(27)28/h10-15,22H,2-9H2,1H3,(H,20,23)(H,21,24)(H,25,26)(H,27,28). The Kier molecular flexibility index (Phi) is 7.79. The Morgan fingerprint density at radius 2 is 1.32 bits per heavy atom. The lowest BCUT2D eigenvalue weighted by molar-refractivity contribution is -0.151. The maximum atomic E-state index is 12.6. The van der Waals surface area contributed by atoms with Gasteiger partial charge >= 0.3 is 11.9 Å². The average molecular weight is 398 g/mol. The Hall–Kier alpha value is -2.16. The highest BCUT2D eigenvalue weighted by atomic mass is 16.4. The van der Waals surface area contributed by atoms with Crippen molar-refractivity contribution in [1.29, 1.82) is 0 Å². The predicted octanol–water partition coefficient (Wildman–Crippen LogP) is 0.708. The van der Waals surface area contributed by atoms with E-state index in [0.717, 1.165) is 12.8 Å².